The molecule has 1 aliphatic carbocycles. The molecule has 0 aliphatic heterocycles. The molecular weight excluding hydrogens is 246 g/mol. The Morgan fingerprint density at radius 1 is 1.28 bits per heavy atom. The average Bonchev–Trinajstić information content (AvgIpc) is 2.36. The zero-order chi connectivity index (χ0) is 13.0. The van der Waals surface area contributed by atoms with Crippen LogP contribution in [0.5, 0.6) is 5.75 Å². The summed E-state index contributed by atoms with van der Waals surface area (Å²) in [5.74, 6) is 2.02. The van der Waals surface area contributed by atoms with Crippen LogP contribution in [-0.2, 0) is 6.54 Å². The van der Waals surface area contributed by atoms with E-state index < -0.39 is 0 Å². The van der Waals surface area contributed by atoms with Gasteiger partial charge in [0.05, 0.1) is 0 Å². The number of nitrogens with one attached hydrogen (secondary N) is 1. The van der Waals surface area contributed by atoms with Crippen LogP contribution in [0, 0.1) is 11.8 Å². The summed E-state index contributed by atoms with van der Waals surface area (Å²) in [5, 5.41) is 13.8. The maximum absolute atomic E-state index is 9.71. The summed E-state index contributed by atoms with van der Waals surface area (Å²) in [4.78, 5) is 0. The lowest BCUT2D eigenvalue weighted by Crippen LogP contribution is -2.25. The summed E-state index contributed by atoms with van der Waals surface area (Å²) >= 11 is 5.92. The molecule has 2 N–H and O–H groups in total. The topological polar surface area (TPSA) is 32.3 Å². The first kappa shape index (κ1) is 13.7. The molecule has 100 valence electrons. The smallest absolute Gasteiger partial charge is 0.120 e. The van der Waals surface area contributed by atoms with Crippen molar-refractivity contribution in [2.45, 2.75) is 39.2 Å². The van der Waals surface area contributed by atoms with E-state index in [1.165, 1.54) is 25.7 Å². The predicted molar refractivity (Wildman–Crippen MR) is 75.9 cm³/mol. The Hall–Kier alpha value is -0.730. The highest BCUT2D eigenvalue weighted by atomic mass is 35.5. The third-order valence-corrected chi connectivity index (χ3v) is 4.16. The molecule has 0 atom stereocenters. The van der Waals surface area contributed by atoms with E-state index in [9.17, 15) is 5.11 Å². The number of hydrogen-bond acceptors (Lipinski definition) is 2. The van der Waals surface area contributed by atoms with Crippen LogP contribution in [0.3, 0.4) is 0 Å². The minimum Gasteiger partial charge on any atom is -0.508 e. The number of phenols is 1. The van der Waals surface area contributed by atoms with E-state index in [0.717, 1.165) is 23.9 Å². The Morgan fingerprint density at radius 3 is 2.72 bits per heavy atom. The lowest BCUT2D eigenvalue weighted by atomic mass is 9.83. The molecule has 0 radical (unpaired) electrons. The highest BCUT2D eigenvalue weighted by Crippen LogP contribution is 2.28. The van der Waals surface area contributed by atoms with E-state index in [-0.39, 0.29) is 0 Å². The number of rotatable bonds is 4. The van der Waals surface area contributed by atoms with Gasteiger partial charge >= 0.3 is 0 Å². The van der Waals surface area contributed by atoms with Gasteiger partial charge in [-0.1, -0.05) is 31.4 Å². The molecule has 1 aromatic carbocycles. The van der Waals surface area contributed by atoms with E-state index in [2.05, 4.69) is 12.2 Å². The van der Waals surface area contributed by atoms with Crippen molar-refractivity contribution in [3.63, 3.8) is 0 Å². The Balaban J connectivity index is 1.76. The van der Waals surface area contributed by atoms with Crippen molar-refractivity contribution < 1.29 is 5.11 Å². The second kappa shape index (κ2) is 6.44. The van der Waals surface area contributed by atoms with E-state index in [0.29, 0.717) is 17.3 Å². The molecule has 0 spiro atoms. The summed E-state index contributed by atoms with van der Waals surface area (Å²) in [7, 11) is 0. The molecule has 0 heterocycles. The van der Waals surface area contributed by atoms with Crippen molar-refractivity contribution in [2.24, 2.45) is 11.8 Å². The van der Waals surface area contributed by atoms with Gasteiger partial charge in [-0.25, -0.2) is 0 Å². The highest BCUT2D eigenvalue weighted by molar-refractivity contribution is 6.30. The first-order valence-corrected chi connectivity index (χ1v) is 7.21. The standard InChI is InChI=1S/C15H22ClNO/c1-11-2-4-12(5-3-11)9-17-10-13-8-14(16)6-7-15(13)18/h6-8,11-12,17-18H,2-5,9-10H2,1H3. The average molecular weight is 268 g/mol. The second-order valence-electron chi connectivity index (χ2n) is 5.53. The van der Waals surface area contributed by atoms with Gasteiger partial charge in [-0.2, -0.15) is 0 Å². The first-order chi connectivity index (χ1) is 8.65. The van der Waals surface area contributed by atoms with Crippen LogP contribution in [0.4, 0.5) is 0 Å². The van der Waals surface area contributed by atoms with Crippen molar-refractivity contribution in [1.29, 1.82) is 0 Å². The molecule has 0 aromatic heterocycles. The summed E-state index contributed by atoms with van der Waals surface area (Å²) < 4.78 is 0. The normalized spacial score (nSPS) is 24.1. The Labute approximate surface area is 114 Å². The van der Waals surface area contributed by atoms with Crippen LogP contribution in [-0.4, -0.2) is 11.7 Å². The molecule has 1 aromatic rings. The Morgan fingerprint density at radius 2 is 2.00 bits per heavy atom. The molecule has 0 saturated heterocycles. The van der Waals surface area contributed by atoms with Gasteiger partial charge in [-0.3, -0.25) is 0 Å². The van der Waals surface area contributed by atoms with Gasteiger partial charge in [-0.05, 0) is 49.4 Å². The van der Waals surface area contributed by atoms with Crippen LogP contribution >= 0.6 is 11.6 Å². The highest BCUT2D eigenvalue weighted by Gasteiger charge is 2.17. The van der Waals surface area contributed by atoms with Crippen molar-refractivity contribution in [2.75, 3.05) is 6.54 Å². The minimum absolute atomic E-state index is 0.323. The van der Waals surface area contributed by atoms with E-state index in [1.807, 2.05) is 6.07 Å². The number of halogens is 1. The maximum Gasteiger partial charge on any atom is 0.120 e. The molecule has 1 aliphatic rings. The molecule has 2 rings (SSSR count). The van der Waals surface area contributed by atoms with E-state index in [1.54, 1.807) is 12.1 Å². The first-order valence-electron chi connectivity index (χ1n) is 6.83. The predicted octanol–water partition coefficient (Wildman–Crippen LogP) is 3.96. The van der Waals surface area contributed by atoms with Crippen LogP contribution in [0.25, 0.3) is 0 Å². The fourth-order valence-corrected chi connectivity index (χ4v) is 2.83. The summed E-state index contributed by atoms with van der Waals surface area (Å²) in [6, 6.07) is 5.19. The maximum atomic E-state index is 9.71. The van der Waals surface area contributed by atoms with Gasteiger partial charge in [0.15, 0.2) is 0 Å². The number of phenolic OH excluding ortho intramolecular Hbond substituents is 1. The SMILES string of the molecule is CC1CCC(CNCc2cc(Cl)ccc2O)CC1. The van der Waals surface area contributed by atoms with Gasteiger partial charge in [0.1, 0.15) is 5.75 Å². The molecule has 0 bridgehead atoms. The van der Waals surface area contributed by atoms with Gasteiger partial charge in [0.25, 0.3) is 0 Å². The molecule has 0 amide bonds. The van der Waals surface area contributed by atoms with Crippen LogP contribution in [0.2, 0.25) is 5.02 Å². The molecule has 0 unspecified atom stereocenters. The van der Waals surface area contributed by atoms with Crippen LogP contribution in [0.1, 0.15) is 38.2 Å². The molecule has 3 heteroatoms. The lowest BCUT2D eigenvalue weighted by Gasteiger charge is -2.26. The van der Waals surface area contributed by atoms with Gasteiger partial charge in [-0.15, -0.1) is 0 Å². The zero-order valence-corrected chi connectivity index (χ0v) is 11.7. The number of aromatic hydroxyl groups is 1. The molecule has 1 fully saturated rings. The van der Waals surface area contributed by atoms with Crippen molar-refractivity contribution in [3.05, 3.63) is 28.8 Å². The third kappa shape index (κ3) is 3.89. The van der Waals surface area contributed by atoms with Crippen molar-refractivity contribution in [3.8, 4) is 5.75 Å². The summed E-state index contributed by atoms with van der Waals surface area (Å²) in [6.45, 7) is 4.07. The summed E-state index contributed by atoms with van der Waals surface area (Å²) in [6.07, 6.45) is 5.37. The zero-order valence-electron chi connectivity index (χ0n) is 11.0. The van der Waals surface area contributed by atoms with Crippen molar-refractivity contribution in [1.82, 2.24) is 5.32 Å². The van der Waals surface area contributed by atoms with E-state index >= 15 is 0 Å². The van der Waals surface area contributed by atoms with Crippen LogP contribution in [0.15, 0.2) is 18.2 Å². The number of hydrogen-bond donors (Lipinski definition) is 2. The quantitative estimate of drug-likeness (QED) is 0.865. The minimum atomic E-state index is 0.323. The van der Waals surface area contributed by atoms with Crippen molar-refractivity contribution >= 4 is 11.6 Å². The molecular formula is C15H22ClNO. The molecule has 2 nitrogen and oxygen atoms in total. The van der Waals surface area contributed by atoms with Crippen LogP contribution < -0.4 is 5.32 Å². The van der Waals surface area contributed by atoms with Gasteiger partial charge < -0.3 is 10.4 Å². The molecule has 18 heavy (non-hydrogen) atoms. The Bertz CT molecular complexity index is 386. The monoisotopic (exact) mass is 267 g/mol. The second-order valence-corrected chi connectivity index (χ2v) is 5.97. The van der Waals surface area contributed by atoms with Gasteiger partial charge in [0.2, 0.25) is 0 Å². The van der Waals surface area contributed by atoms with Gasteiger partial charge in [0, 0.05) is 17.1 Å². The fraction of sp³-hybridized carbons (Fsp3) is 0.600. The van der Waals surface area contributed by atoms with E-state index in [4.69, 9.17) is 11.6 Å². The number of benzene rings is 1. The molecule has 1 saturated carbocycles. The lowest BCUT2D eigenvalue weighted by molar-refractivity contribution is 0.281. The largest absolute Gasteiger partial charge is 0.508 e. The fourth-order valence-electron chi connectivity index (χ4n) is 2.64. The third-order valence-electron chi connectivity index (χ3n) is 3.93. The Kier molecular flexibility index (Phi) is 4.90. The summed E-state index contributed by atoms with van der Waals surface area (Å²) in [5.41, 5.74) is 0.881.